The first-order chi connectivity index (χ1) is 11.5. The summed E-state index contributed by atoms with van der Waals surface area (Å²) in [6.07, 6.45) is 6.26. The van der Waals surface area contributed by atoms with E-state index in [4.69, 9.17) is 5.11 Å². The lowest BCUT2D eigenvalue weighted by Gasteiger charge is -2.22. The van der Waals surface area contributed by atoms with Crippen molar-refractivity contribution >= 4 is 23.5 Å². The maximum atomic E-state index is 12.1. The van der Waals surface area contributed by atoms with Crippen LogP contribution in [0.1, 0.15) is 55.8 Å². The summed E-state index contributed by atoms with van der Waals surface area (Å²) < 4.78 is 0. The van der Waals surface area contributed by atoms with Crippen molar-refractivity contribution in [3.8, 4) is 0 Å². The van der Waals surface area contributed by atoms with Crippen LogP contribution in [0.3, 0.4) is 0 Å². The minimum absolute atomic E-state index is 0.0919. The maximum absolute atomic E-state index is 12.1. The van der Waals surface area contributed by atoms with Crippen LogP contribution in [0.25, 0.3) is 0 Å². The summed E-state index contributed by atoms with van der Waals surface area (Å²) in [5, 5.41) is 14.2. The molecule has 0 aliphatic heterocycles. The van der Waals surface area contributed by atoms with Gasteiger partial charge in [-0.2, -0.15) is 0 Å². The lowest BCUT2D eigenvalue weighted by Crippen LogP contribution is -2.42. The van der Waals surface area contributed by atoms with Gasteiger partial charge in [-0.15, -0.1) is 0 Å². The Morgan fingerprint density at radius 3 is 2.33 bits per heavy atom. The van der Waals surface area contributed by atoms with E-state index in [1.54, 1.807) is 6.92 Å². The average molecular weight is 332 g/mol. The van der Waals surface area contributed by atoms with Crippen LogP contribution in [-0.2, 0) is 9.59 Å². The number of aromatic carboxylic acids is 1. The number of hydrogen-bond donors (Lipinski definition) is 3. The number of nitrogens with one attached hydrogen (secondary N) is 2. The van der Waals surface area contributed by atoms with E-state index in [2.05, 4.69) is 10.6 Å². The van der Waals surface area contributed by atoms with Crippen molar-refractivity contribution in [1.82, 2.24) is 5.32 Å². The molecule has 1 aliphatic rings. The van der Waals surface area contributed by atoms with E-state index in [-0.39, 0.29) is 17.4 Å². The van der Waals surface area contributed by atoms with E-state index in [0.29, 0.717) is 18.0 Å². The molecule has 1 atom stereocenters. The van der Waals surface area contributed by atoms with Crippen molar-refractivity contribution in [2.45, 2.75) is 51.5 Å². The van der Waals surface area contributed by atoms with Gasteiger partial charge in [-0.05, 0) is 49.9 Å². The maximum Gasteiger partial charge on any atom is 0.335 e. The third-order valence-electron chi connectivity index (χ3n) is 4.37. The molecule has 1 saturated carbocycles. The molecule has 1 fully saturated rings. The molecule has 2 rings (SSSR count). The molecule has 1 aromatic rings. The molecule has 1 aliphatic carbocycles. The highest BCUT2D eigenvalue weighted by atomic mass is 16.4. The lowest BCUT2D eigenvalue weighted by molar-refractivity contribution is -0.126. The predicted molar refractivity (Wildman–Crippen MR) is 90.8 cm³/mol. The van der Waals surface area contributed by atoms with Gasteiger partial charge in [0.25, 0.3) is 0 Å². The topological polar surface area (TPSA) is 95.5 Å². The summed E-state index contributed by atoms with van der Waals surface area (Å²) in [5.74, 6) is -1.00. The number of anilines is 1. The number of carbonyl (C=O) groups is 3. The van der Waals surface area contributed by atoms with Crippen molar-refractivity contribution in [2.24, 2.45) is 5.92 Å². The molecule has 0 spiro atoms. The van der Waals surface area contributed by atoms with E-state index < -0.39 is 12.0 Å². The summed E-state index contributed by atoms with van der Waals surface area (Å²) >= 11 is 0. The number of benzene rings is 1. The first kappa shape index (κ1) is 18.0. The molecule has 1 aromatic carbocycles. The molecule has 6 heteroatoms. The molecule has 24 heavy (non-hydrogen) atoms. The molecule has 0 radical (unpaired) electrons. The Hall–Kier alpha value is -2.37. The summed E-state index contributed by atoms with van der Waals surface area (Å²) in [5.41, 5.74) is 0.653. The summed E-state index contributed by atoms with van der Waals surface area (Å²) in [6.45, 7) is 1.64. The molecule has 0 aromatic heterocycles. The molecule has 0 heterocycles. The number of carbonyl (C=O) groups excluding carboxylic acids is 2. The van der Waals surface area contributed by atoms with Crippen molar-refractivity contribution in [2.75, 3.05) is 5.32 Å². The zero-order valence-electron chi connectivity index (χ0n) is 13.9. The fraction of sp³-hybridized carbons (Fsp3) is 0.500. The van der Waals surface area contributed by atoms with Gasteiger partial charge in [-0.1, -0.05) is 19.3 Å². The van der Waals surface area contributed by atoms with Crippen molar-refractivity contribution < 1.29 is 19.5 Å². The number of rotatable bonds is 6. The molecule has 130 valence electrons. The molecule has 2 amide bonds. The standard InChI is InChI=1S/C18H24N2O4/c1-12(19-16(21)11-13-5-3-2-4-6-13)17(22)20-15-9-7-14(8-10-15)18(23)24/h7-10,12-13H,2-6,11H2,1H3,(H,19,21)(H,20,22)(H,23,24). The van der Waals surface area contributed by atoms with E-state index in [1.807, 2.05) is 0 Å². The average Bonchev–Trinajstić information content (AvgIpc) is 2.56. The van der Waals surface area contributed by atoms with Gasteiger partial charge in [0.1, 0.15) is 6.04 Å². The molecular formula is C18H24N2O4. The Morgan fingerprint density at radius 2 is 1.75 bits per heavy atom. The summed E-state index contributed by atoms with van der Waals surface area (Å²) in [7, 11) is 0. The zero-order chi connectivity index (χ0) is 17.5. The number of amides is 2. The second kappa shape index (κ2) is 8.47. The van der Waals surface area contributed by atoms with Crippen LogP contribution >= 0.6 is 0 Å². The van der Waals surface area contributed by atoms with Crippen LogP contribution in [0.4, 0.5) is 5.69 Å². The molecule has 6 nitrogen and oxygen atoms in total. The van der Waals surface area contributed by atoms with Crippen molar-refractivity contribution in [1.29, 1.82) is 0 Å². The van der Waals surface area contributed by atoms with Gasteiger partial charge in [0.05, 0.1) is 5.56 Å². The van der Waals surface area contributed by atoms with Gasteiger partial charge in [-0.3, -0.25) is 9.59 Å². The van der Waals surface area contributed by atoms with Gasteiger partial charge in [0.15, 0.2) is 0 Å². The Bertz CT molecular complexity index is 592. The highest BCUT2D eigenvalue weighted by molar-refractivity contribution is 5.97. The number of carboxylic acid groups (broad SMARTS) is 1. The second-order valence-corrected chi connectivity index (χ2v) is 6.37. The normalized spacial score (nSPS) is 16.2. The van der Waals surface area contributed by atoms with Gasteiger partial charge in [-0.25, -0.2) is 4.79 Å². The van der Waals surface area contributed by atoms with E-state index in [0.717, 1.165) is 12.8 Å². The highest BCUT2D eigenvalue weighted by Crippen LogP contribution is 2.26. The van der Waals surface area contributed by atoms with Crippen molar-refractivity contribution in [3.63, 3.8) is 0 Å². The first-order valence-corrected chi connectivity index (χ1v) is 8.39. The quantitative estimate of drug-likeness (QED) is 0.746. The minimum atomic E-state index is -1.02. The number of hydrogen-bond acceptors (Lipinski definition) is 3. The van der Waals surface area contributed by atoms with Crippen LogP contribution in [-0.4, -0.2) is 28.9 Å². The SMILES string of the molecule is CC(NC(=O)CC1CCCCC1)C(=O)Nc1ccc(C(=O)O)cc1. The Kier molecular flexibility index (Phi) is 6.35. The Labute approximate surface area is 141 Å². The largest absolute Gasteiger partial charge is 0.478 e. The summed E-state index contributed by atoms with van der Waals surface area (Å²) in [4.78, 5) is 35.0. The molecule has 0 saturated heterocycles. The molecule has 3 N–H and O–H groups in total. The highest BCUT2D eigenvalue weighted by Gasteiger charge is 2.20. The monoisotopic (exact) mass is 332 g/mol. The fourth-order valence-corrected chi connectivity index (χ4v) is 2.97. The second-order valence-electron chi connectivity index (χ2n) is 6.37. The minimum Gasteiger partial charge on any atom is -0.478 e. The lowest BCUT2D eigenvalue weighted by atomic mass is 9.87. The molecule has 1 unspecified atom stereocenters. The Morgan fingerprint density at radius 1 is 1.12 bits per heavy atom. The van der Waals surface area contributed by atoms with Crippen LogP contribution in [0.5, 0.6) is 0 Å². The third kappa shape index (κ3) is 5.37. The fourth-order valence-electron chi connectivity index (χ4n) is 2.97. The number of carboxylic acids is 1. The summed E-state index contributed by atoms with van der Waals surface area (Å²) in [6, 6.07) is 5.25. The van der Waals surface area contributed by atoms with Gasteiger partial charge >= 0.3 is 5.97 Å². The van der Waals surface area contributed by atoms with Gasteiger partial charge in [0.2, 0.25) is 11.8 Å². The van der Waals surface area contributed by atoms with Crippen LogP contribution in [0, 0.1) is 5.92 Å². The smallest absolute Gasteiger partial charge is 0.335 e. The van der Waals surface area contributed by atoms with E-state index in [1.165, 1.54) is 43.5 Å². The zero-order valence-corrected chi connectivity index (χ0v) is 13.9. The molecule has 0 bridgehead atoms. The third-order valence-corrected chi connectivity index (χ3v) is 4.37. The van der Waals surface area contributed by atoms with Crippen LogP contribution in [0.15, 0.2) is 24.3 Å². The van der Waals surface area contributed by atoms with Crippen LogP contribution < -0.4 is 10.6 Å². The van der Waals surface area contributed by atoms with E-state index in [9.17, 15) is 14.4 Å². The molecular weight excluding hydrogens is 308 g/mol. The first-order valence-electron chi connectivity index (χ1n) is 8.39. The van der Waals surface area contributed by atoms with E-state index >= 15 is 0 Å². The van der Waals surface area contributed by atoms with Crippen molar-refractivity contribution in [3.05, 3.63) is 29.8 Å². The van der Waals surface area contributed by atoms with Crippen LogP contribution in [0.2, 0.25) is 0 Å². The van der Waals surface area contributed by atoms with Gasteiger partial charge in [0, 0.05) is 12.1 Å². The van der Waals surface area contributed by atoms with Gasteiger partial charge < -0.3 is 15.7 Å². The predicted octanol–water partition coefficient (Wildman–Crippen LogP) is 2.80. The Balaban J connectivity index is 1.80.